The number of phenolic OH excluding ortho intramolecular Hbond substituents is 1. The van der Waals surface area contributed by atoms with E-state index in [2.05, 4.69) is 0 Å². The lowest BCUT2D eigenvalue weighted by Gasteiger charge is -2.55. The molecule has 9 nitrogen and oxygen atoms in total. The molecule has 2 amide bonds. The van der Waals surface area contributed by atoms with Crippen LogP contribution in [-0.2, 0) is 24.6 Å². The summed E-state index contributed by atoms with van der Waals surface area (Å²) in [4.78, 5) is 60.1. The number of ether oxygens (including phenoxy) is 1. The maximum absolute atomic E-state index is 15.2. The largest absolute Gasteiger partial charge is 0.504 e. The number of para-hydroxylation sites is 1. The Kier molecular flexibility index (Phi) is 8.31. The number of hydrogen-bond donors (Lipinski definition) is 3. The van der Waals surface area contributed by atoms with Crippen molar-refractivity contribution in [1.29, 1.82) is 0 Å². The van der Waals surface area contributed by atoms with Gasteiger partial charge in [-0.3, -0.25) is 24.1 Å². The molecule has 1 saturated heterocycles. The van der Waals surface area contributed by atoms with Crippen molar-refractivity contribution in [3.63, 3.8) is 0 Å². The lowest BCUT2D eigenvalue weighted by atomic mass is 9.44. The lowest BCUT2D eigenvalue weighted by Crippen LogP contribution is -2.58. The molecule has 0 radical (unpaired) electrons. The van der Waals surface area contributed by atoms with Crippen LogP contribution in [0.4, 0.5) is 5.69 Å². The van der Waals surface area contributed by atoms with Crippen molar-refractivity contribution in [3.05, 3.63) is 138 Å². The van der Waals surface area contributed by atoms with Gasteiger partial charge in [0, 0.05) is 23.0 Å². The van der Waals surface area contributed by atoms with Crippen LogP contribution in [0, 0.1) is 23.7 Å². The van der Waals surface area contributed by atoms with Gasteiger partial charge in [0.2, 0.25) is 11.8 Å². The van der Waals surface area contributed by atoms with Crippen LogP contribution in [0.3, 0.4) is 0 Å². The van der Waals surface area contributed by atoms with Gasteiger partial charge >= 0.3 is 7.12 Å². The molecule has 4 aromatic carbocycles. The van der Waals surface area contributed by atoms with E-state index in [4.69, 9.17) is 4.74 Å². The first kappa shape index (κ1) is 33.6. The predicted octanol–water partition coefficient (Wildman–Crippen LogP) is 4.50. The van der Waals surface area contributed by atoms with Crippen LogP contribution in [0.25, 0.3) is 5.57 Å². The highest BCUT2D eigenvalue weighted by atomic mass is 16.5. The zero-order valence-electron chi connectivity index (χ0n) is 28.4. The second-order valence-corrected chi connectivity index (χ2v) is 13.9. The van der Waals surface area contributed by atoms with Crippen molar-refractivity contribution in [2.75, 3.05) is 11.5 Å². The standard InChI is InChI=1S/C42H36BNO8/c1-2-52-34-18-10-17-30(39(34)47)37-28-19-20-29-36(41(49)44(40(29)48)27-16-9-15-26(21-27)43(50)51)32(28)22-33-38(46)31(24-11-5-3-6-12-24)23-35(45)42(33,37)25-13-7-4-8-14-25/h3-19,21,23,29,32-33,36-37,47,50-51H,2,20,22H2,1H3. The summed E-state index contributed by atoms with van der Waals surface area (Å²) in [7, 11) is -1.80. The number of aromatic hydroxyl groups is 1. The van der Waals surface area contributed by atoms with Crippen LogP contribution >= 0.6 is 0 Å². The van der Waals surface area contributed by atoms with Gasteiger partial charge in [-0.2, -0.15) is 0 Å². The normalized spacial score (nSPS) is 26.6. The number of carbonyl (C=O) groups excluding carboxylic acids is 4. The number of imide groups is 1. The average molecular weight is 694 g/mol. The molecule has 6 unspecified atom stereocenters. The summed E-state index contributed by atoms with van der Waals surface area (Å²) >= 11 is 0. The van der Waals surface area contributed by atoms with E-state index in [0.717, 1.165) is 4.90 Å². The number of phenols is 1. The van der Waals surface area contributed by atoms with E-state index in [1.54, 1.807) is 49.4 Å². The number of hydrogen-bond acceptors (Lipinski definition) is 8. The van der Waals surface area contributed by atoms with Gasteiger partial charge in [0.05, 0.1) is 29.5 Å². The van der Waals surface area contributed by atoms with Crippen LogP contribution < -0.4 is 15.1 Å². The smallest absolute Gasteiger partial charge is 0.488 e. The maximum Gasteiger partial charge on any atom is 0.488 e. The Morgan fingerprint density at radius 2 is 1.56 bits per heavy atom. The first-order valence-electron chi connectivity index (χ1n) is 17.6. The van der Waals surface area contributed by atoms with Gasteiger partial charge in [-0.15, -0.1) is 0 Å². The molecular weight excluding hydrogens is 657 g/mol. The Bertz CT molecular complexity index is 2180. The lowest BCUT2D eigenvalue weighted by molar-refractivity contribution is -0.135. The number of anilines is 1. The number of fused-ring (bicyclic) bond motifs is 4. The molecule has 3 N–H and O–H groups in total. The van der Waals surface area contributed by atoms with Gasteiger partial charge < -0.3 is 19.9 Å². The molecule has 1 saturated carbocycles. The van der Waals surface area contributed by atoms with Crippen molar-refractivity contribution >= 4 is 47.2 Å². The Labute approximate surface area is 301 Å². The first-order chi connectivity index (χ1) is 25.2. The molecule has 10 heteroatoms. The summed E-state index contributed by atoms with van der Waals surface area (Å²) in [6, 6.07) is 29.4. The fourth-order valence-corrected chi connectivity index (χ4v) is 9.34. The number of rotatable bonds is 7. The van der Waals surface area contributed by atoms with Gasteiger partial charge in [0.25, 0.3) is 0 Å². The third-order valence-corrected chi connectivity index (χ3v) is 11.4. The van der Waals surface area contributed by atoms with E-state index in [-0.39, 0.29) is 59.2 Å². The van der Waals surface area contributed by atoms with Crippen molar-refractivity contribution < 1.29 is 39.1 Å². The van der Waals surface area contributed by atoms with Crippen molar-refractivity contribution in [2.24, 2.45) is 23.7 Å². The van der Waals surface area contributed by atoms with Gasteiger partial charge in [0.1, 0.15) is 0 Å². The molecule has 8 rings (SSSR count). The second kappa shape index (κ2) is 12.9. The zero-order valence-corrected chi connectivity index (χ0v) is 28.4. The van der Waals surface area contributed by atoms with E-state index >= 15 is 9.59 Å². The maximum atomic E-state index is 15.2. The van der Waals surface area contributed by atoms with Crippen LogP contribution in [0.5, 0.6) is 11.5 Å². The molecule has 4 aliphatic rings. The summed E-state index contributed by atoms with van der Waals surface area (Å²) in [5, 5.41) is 31.6. The topological polar surface area (TPSA) is 141 Å². The minimum atomic E-state index is -1.80. The first-order valence-corrected chi connectivity index (χ1v) is 17.6. The summed E-state index contributed by atoms with van der Waals surface area (Å²) < 4.78 is 5.82. The van der Waals surface area contributed by atoms with Gasteiger partial charge in [-0.25, -0.2) is 0 Å². The number of amides is 2. The number of nitrogens with zero attached hydrogens (tertiary/aromatic N) is 1. The van der Waals surface area contributed by atoms with Gasteiger partial charge in [-0.1, -0.05) is 96.6 Å². The van der Waals surface area contributed by atoms with Gasteiger partial charge in [-0.05, 0) is 66.5 Å². The fourth-order valence-electron chi connectivity index (χ4n) is 9.34. The second-order valence-electron chi connectivity index (χ2n) is 13.9. The van der Waals surface area contributed by atoms with E-state index in [9.17, 15) is 24.7 Å². The number of carbonyl (C=O) groups is 4. The minimum absolute atomic E-state index is 0.112. The SMILES string of the molecule is CCOc1cccc(C2C3=CCC4C(=O)N(c5cccc(B(O)O)c5)C(=O)C4C3CC3C(=O)C(c4ccccc4)=CC(=O)C32c2ccccc2)c1O. The third kappa shape index (κ3) is 4.92. The highest BCUT2D eigenvalue weighted by molar-refractivity contribution is 6.58. The predicted molar refractivity (Wildman–Crippen MR) is 195 cm³/mol. The Morgan fingerprint density at radius 1 is 0.846 bits per heavy atom. The number of allylic oxidation sites excluding steroid dienone is 4. The summed E-state index contributed by atoms with van der Waals surface area (Å²) in [5.41, 5.74) is 1.47. The molecule has 260 valence electrons. The van der Waals surface area contributed by atoms with Crippen LogP contribution in [-0.4, -0.2) is 52.3 Å². The molecule has 1 heterocycles. The van der Waals surface area contributed by atoms with E-state index in [1.165, 1.54) is 18.2 Å². The molecule has 3 aliphatic carbocycles. The highest BCUT2D eigenvalue weighted by Crippen LogP contribution is 2.65. The van der Waals surface area contributed by atoms with Gasteiger partial charge in [0.15, 0.2) is 23.1 Å². The Balaban J connectivity index is 1.36. The van der Waals surface area contributed by atoms with Crippen molar-refractivity contribution in [1.82, 2.24) is 0 Å². The summed E-state index contributed by atoms with van der Waals surface area (Å²) in [5.74, 6) is -5.43. The van der Waals surface area contributed by atoms with Crippen LogP contribution in [0.1, 0.15) is 42.4 Å². The summed E-state index contributed by atoms with van der Waals surface area (Å²) in [6.45, 7) is 2.09. The monoisotopic (exact) mass is 693 g/mol. The van der Waals surface area contributed by atoms with Crippen LogP contribution in [0.2, 0.25) is 0 Å². The number of Topliss-reactive ketones (excluding diaryl/α,β-unsaturated/α-hetero) is 1. The molecule has 0 aromatic heterocycles. The third-order valence-electron chi connectivity index (χ3n) is 11.4. The molecule has 2 fully saturated rings. The highest BCUT2D eigenvalue weighted by Gasteiger charge is 2.66. The minimum Gasteiger partial charge on any atom is -0.504 e. The quantitative estimate of drug-likeness (QED) is 0.146. The molecule has 4 aromatic rings. The molecule has 0 spiro atoms. The number of benzene rings is 4. The molecule has 6 atom stereocenters. The van der Waals surface area contributed by atoms with E-state index < -0.39 is 53.9 Å². The Hall–Kier alpha value is -5.58. The van der Waals surface area contributed by atoms with E-state index in [0.29, 0.717) is 22.3 Å². The van der Waals surface area contributed by atoms with Crippen LogP contribution in [0.15, 0.2) is 121 Å². The molecule has 52 heavy (non-hydrogen) atoms. The van der Waals surface area contributed by atoms with Crippen molar-refractivity contribution in [3.8, 4) is 11.5 Å². The number of ketones is 2. The molecular formula is C42H36BNO8. The van der Waals surface area contributed by atoms with E-state index in [1.807, 2.05) is 54.6 Å². The summed E-state index contributed by atoms with van der Waals surface area (Å²) in [6.07, 6.45) is 3.69. The fraction of sp³-hybridized carbons (Fsp3) is 0.238. The van der Waals surface area contributed by atoms with Crippen molar-refractivity contribution in [2.45, 2.75) is 31.1 Å². The average Bonchev–Trinajstić information content (AvgIpc) is 3.42. The Morgan fingerprint density at radius 3 is 2.27 bits per heavy atom. The molecule has 0 bridgehead atoms. The zero-order chi connectivity index (χ0) is 36.3. The molecule has 1 aliphatic heterocycles.